The van der Waals surface area contributed by atoms with Gasteiger partial charge in [0.15, 0.2) is 0 Å². The van der Waals surface area contributed by atoms with Crippen LogP contribution in [-0.2, 0) is 0 Å². The van der Waals surface area contributed by atoms with E-state index >= 15 is 0 Å². The lowest BCUT2D eigenvalue weighted by molar-refractivity contribution is 0.320. The molecule has 12 heavy (non-hydrogen) atoms. The van der Waals surface area contributed by atoms with Gasteiger partial charge in [-0.3, -0.25) is 0 Å². The van der Waals surface area contributed by atoms with Gasteiger partial charge >= 0.3 is 0 Å². The van der Waals surface area contributed by atoms with Crippen molar-refractivity contribution in [1.82, 2.24) is 0 Å². The lowest BCUT2D eigenvalue weighted by Gasteiger charge is -2.28. The summed E-state index contributed by atoms with van der Waals surface area (Å²) in [6.45, 7) is 6.95. The van der Waals surface area contributed by atoms with Crippen LogP contribution in [0.2, 0.25) is 0 Å². The first-order chi connectivity index (χ1) is 5.59. The molecular formula is C11H21P. The lowest BCUT2D eigenvalue weighted by atomic mass is 9.79. The zero-order valence-electron chi connectivity index (χ0n) is 8.51. The van der Waals surface area contributed by atoms with Crippen molar-refractivity contribution in [3.63, 3.8) is 0 Å². The van der Waals surface area contributed by atoms with Gasteiger partial charge in [-0.15, -0.1) is 9.24 Å². The molecule has 4 atom stereocenters. The molecule has 0 heterocycles. The maximum atomic E-state index is 2.91. The molecule has 0 aliphatic heterocycles. The molecule has 0 aromatic rings. The predicted octanol–water partition coefficient (Wildman–Crippen LogP) is 3.63. The molecule has 0 bridgehead atoms. The molecule has 1 heteroatoms. The highest BCUT2D eigenvalue weighted by molar-refractivity contribution is 7.17. The summed E-state index contributed by atoms with van der Waals surface area (Å²) in [6.07, 6.45) is 6.43. The number of allylic oxidation sites excluding steroid dienone is 2. The Labute approximate surface area is 79.0 Å². The predicted molar refractivity (Wildman–Crippen MR) is 59.4 cm³/mol. The number of rotatable bonds is 2. The molecular weight excluding hydrogens is 163 g/mol. The van der Waals surface area contributed by atoms with Gasteiger partial charge in [0, 0.05) is 0 Å². The fourth-order valence-corrected chi connectivity index (χ4v) is 2.50. The smallest absolute Gasteiger partial charge is 0.0290 e. The molecule has 0 aromatic carbocycles. The van der Waals surface area contributed by atoms with Gasteiger partial charge in [-0.05, 0) is 43.7 Å². The minimum Gasteiger partial charge on any atom is -0.135 e. The molecule has 0 saturated heterocycles. The number of hydrogen-bond acceptors (Lipinski definition) is 0. The van der Waals surface area contributed by atoms with Crippen LogP contribution in [0.3, 0.4) is 0 Å². The minimum absolute atomic E-state index is 0.782. The lowest BCUT2D eigenvalue weighted by Crippen LogP contribution is -2.18. The minimum atomic E-state index is 0.782. The van der Waals surface area contributed by atoms with E-state index in [1.165, 1.54) is 19.3 Å². The molecule has 70 valence electrons. The SMILES string of the molecule is CC1=CCC(CC(C)P)C(C)C1. The first-order valence-corrected chi connectivity index (χ1v) is 5.67. The van der Waals surface area contributed by atoms with E-state index in [9.17, 15) is 0 Å². The molecule has 0 amide bonds. The van der Waals surface area contributed by atoms with Crippen molar-refractivity contribution in [2.45, 2.75) is 45.7 Å². The molecule has 1 aliphatic carbocycles. The second-order valence-electron chi connectivity index (χ2n) is 4.44. The van der Waals surface area contributed by atoms with Crippen molar-refractivity contribution in [3.8, 4) is 0 Å². The van der Waals surface area contributed by atoms with Gasteiger partial charge < -0.3 is 0 Å². The van der Waals surface area contributed by atoms with Crippen molar-refractivity contribution in [3.05, 3.63) is 11.6 Å². The van der Waals surface area contributed by atoms with Gasteiger partial charge in [-0.2, -0.15) is 0 Å². The van der Waals surface area contributed by atoms with Crippen LogP contribution < -0.4 is 0 Å². The maximum Gasteiger partial charge on any atom is -0.0290 e. The third-order valence-corrected chi connectivity index (χ3v) is 3.16. The summed E-state index contributed by atoms with van der Waals surface area (Å²) in [5.41, 5.74) is 2.37. The Bertz CT molecular complexity index is 170. The summed E-state index contributed by atoms with van der Waals surface area (Å²) in [7, 11) is 2.91. The van der Waals surface area contributed by atoms with Crippen LogP contribution in [0, 0.1) is 11.8 Å². The summed E-state index contributed by atoms with van der Waals surface area (Å²) in [6, 6.07) is 0. The highest BCUT2D eigenvalue weighted by Crippen LogP contribution is 2.33. The molecule has 1 aliphatic rings. The Kier molecular flexibility index (Phi) is 3.77. The summed E-state index contributed by atoms with van der Waals surface area (Å²) in [5, 5.41) is 0. The van der Waals surface area contributed by atoms with E-state index < -0.39 is 0 Å². The molecule has 0 N–H and O–H groups in total. The Morgan fingerprint density at radius 3 is 2.83 bits per heavy atom. The Balaban J connectivity index is 2.46. The van der Waals surface area contributed by atoms with E-state index in [1.54, 1.807) is 5.57 Å². The van der Waals surface area contributed by atoms with E-state index in [-0.39, 0.29) is 0 Å². The normalized spacial score (nSPS) is 32.8. The summed E-state index contributed by atoms with van der Waals surface area (Å²) < 4.78 is 0. The first kappa shape index (κ1) is 10.3. The summed E-state index contributed by atoms with van der Waals surface area (Å²) >= 11 is 0. The maximum absolute atomic E-state index is 2.91. The van der Waals surface area contributed by atoms with E-state index in [4.69, 9.17) is 0 Å². The standard InChI is InChI=1S/C11H21P/c1-8-4-5-11(7-10(3)12)9(2)6-8/h4,9-11H,5-7,12H2,1-3H3. The van der Waals surface area contributed by atoms with Crippen molar-refractivity contribution < 1.29 is 0 Å². The third kappa shape index (κ3) is 2.90. The van der Waals surface area contributed by atoms with E-state index in [1.807, 2.05) is 0 Å². The van der Waals surface area contributed by atoms with Gasteiger partial charge in [-0.25, -0.2) is 0 Å². The van der Waals surface area contributed by atoms with Gasteiger partial charge in [0.25, 0.3) is 0 Å². The summed E-state index contributed by atoms with van der Waals surface area (Å²) in [4.78, 5) is 0. The average Bonchev–Trinajstić information content (AvgIpc) is 1.94. The van der Waals surface area contributed by atoms with Crippen molar-refractivity contribution in [2.24, 2.45) is 11.8 Å². The zero-order chi connectivity index (χ0) is 9.14. The summed E-state index contributed by atoms with van der Waals surface area (Å²) in [5.74, 6) is 1.83. The van der Waals surface area contributed by atoms with Crippen LogP contribution in [0.15, 0.2) is 11.6 Å². The first-order valence-electron chi connectivity index (χ1n) is 5.00. The fraction of sp³-hybridized carbons (Fsp3) is 0.818. The molecule has 1 rings (SSSR count). The van der Waals surface area contributed by atoms with Crippen LogP contribution in [0.5, 0.6) is 0 Å². The molecule has 0 nitrogen and oxygen atoms in total. The van der Waals surface area contributed by atoms with Crippen LogP contribution in [0.25, 0.3) is 0 Å². The molecule has 0 spiro atoms. The highest BCUT2D eigenvalue weighted by Gasteiger charge is 2.21. The number of hydrogen-bond donors (Lipinski definition) is 0. The van der Waals surface area contributed by atoms with E-state index in [0.29, 0.717) is 0 Å². The van der Waals surface area contributed by atoms with Crippen LogP contribution in [-0.4, -0.2) is 5.66 Å². The highest BCUT2D eigenvalue weighted by atomic mass is 31.0. The zero-order valence-corrected chi connectivity index (χ0v) is 9.66. The van der Waals surface area contributed by atoms with Crippen LogP contribution in [0.1, 0.15) is 40.0 Å². The van der Waals surface area contributed by atoms with Crippen molar-refractivity contribution >= 4 is 9.24 Å². The monoisotopic (exact) mass is 184 g/mol. The molecule has 4 unspecified atom stereocenters. The Morgan fingerprint density at radius 2 is 2.33 bits per heavy atom. The molecule has 0 fully saturated rings. The van der Waals surface area contributed by atoms with Crippen LogP contribution >= 0.6 is 9.24 Å². The Morgan fingerprint density at radius 1 is 1.67 bits per heavy atom. The van der Waals surface area contributed by atoms with E-state index in [2.05, 4.69) is 36.1 Å². The van der Waals surface area contributed by atoms with Gasteiger partial charge in [0.05, 0.1) is 0 Å². The molecule has 0 aromatic heterocycles. The largest absolute Gasteiger partial charge is 0.135 e. The van der Waals surface area contributed by atoms with Gasteiger partial charge in [-0.1, -0.05) is 25.5 Å². The van der Waals surface area contributed by atoms with Crippen molar-refractivity contribution in [1.29, 1.82) is 0 Å². The second kappa shape index (κ2) is 4.42. The van der Waals surface area contributed by atoms with Crippen molar-refractivity contribution in [2.75, 3.05) is 0 Å². The van der Waals surface area contributed by atoms with Gasteiger partial charge in [0.2, 0.25) is 0 Å². The van der Waals surface area contributed by atoms with E-state index in [0.717, 1.165) is 17.5 Å². The molecule has 0 saturated carbocycles. The second-order valence-corrected chi connectivity index (χ2v) is 5.58. The third-order valence-electron chi connectivity index (χ3n) is 2.89. The average molecular weight is 184 g/mol. The quantitative estimate of drug-likeness (QED) is 0.454. The van der Waals surface area contributed by atoms with Gasteiger partial charge in [0.1, 0.15) is 0 Å². The topological polar surface area (TPSA) is 0 Å². The Hall–Kier alpha value is 0.170. The van der Waals surface area contributed by atoms with Crippen LogP contribution in [0.4, 0.5) is 0 Å². The fourth-order valence-electron chi connectivity index (χ4n) is 2.15. The molecule has 0 radical (unpaired) electrons.